The average molecular weight is 379 g/mol. The molecule has 0 unspecified atom stereocenters. The van der Waals surface area contributed by atoms with Crippen LogP contribution in [0.1, 0.15) is 42.9 Å². The van der Waals surface area contributed by atoms with Crippen molar-refractivity contribution >= 4 is 33.3 Å². The number of fused-ring (bicyclic) bond motifs is 1. The van der Waals surface area contributed by atoms with Crippen molar-refractivity contribution in [2.24, 2.45) is 5.92 Å². The molecule has 8 heteroatoms. The van der Waals surface area contributed by atoms with Crippen LogP contribution in [0.15, 0.2) is 14.5 Å². The molecule has 0 N–H and O–H groups in total. The largest absolute Gasteiger partial charge is 0.339 e. The van der Waals surface area contributed by atoms with Gasteiger partial charge in [0.1, 0.15) is 4.83 Å². The van der Waals surface area contributed by atoms with Crippen LogP contribution in [0.25, 0.3) is 10.2 Å². The van der Waals surface area contributed by atoms with Crippen molar-refractivity contribution < 1.29 is 4.52 Å². The number of hydrogen-bond donors (Lipinski definition) is 0. The predicted molar refractivity (Wildman–Crippen MR) is 101 cm³/mol. The van der Waals surface area contributed by atoms with Gasteiger partial charge in [0, 0.05) is 17.8 Å². The molecule has 3 aromatic rings. The summed E-state index contributed by atoms with van der Waals surface area (Å²) in [5, 5.41) is 5.47. The molecule has 0 fully saturated rings. The van der Waals surface area contributed by atoms with Gasteiger partial charge in [-0.3, -0.25) is 9.36 Å². The standard InChI is InChI=1S/C17H22N4O2S2/c1-6-21-16(22)14-10(4)11(5)25-15(14)19-17(21)24-8-12-18-13(23-20-12)7-9(2)3/h9H,6-8H2,1-5H3. The van der Waals surface area contributed by atoms with Gasteiger partial charge in [0.15, 0.2) is 11.0 Å². The Bertz CT molecular complexity index is 956. The molecule has 0 amide bonds. The molecule has 3 heterocycles. The highest BCUT2D eigenvalue weighted by Crippen LogP contribution is 2.29. The lowest BCUT2D eigenvalue weighted by molar-refractivity contribution is 0.360. The maximum Gasteiger partial charge on any atom is 0.263 e. The Kier molecular flexibility index (Phi) is 5.29. The van der Waals surface area contributed by atoms with Gasteiger partial charge in [0.2, 0.25) is 5.89 Å². The summed E-state index contributed by atoms with van der Waals surface area (Å²) < 4.78 is 7.00. The Morgan fingerprint density at radius 2 is 2.04 bits per heavy atom. The molecule has 3 rings (SSSR count). The van der Waals surface area contributed by atoms with Crippen LogP contribution in [-0.4, -0.2) is 19.7 Å². The van der Waals surface area contributed by atoms with Gasteiger partial charge in [-0.15, -0.1) is 11.3 Å². The minimum Gasteiger partial charge on any atom is -0.339 e. The molecule has 0 atom stereocenters. The quantitative estimate of drug-likeness (QED) is 0.477. The third-order valence-corrected chi connectivity index (χ3v) is 6.07. The molecule has 25 heavy (non-hydrogen) atoms. The fourth-order valence-corrected chi connectivity index (χ4v) is 4.58. The second-order valence-corrected chi connectivity index (χ2v) is 8.54. The zero-order chi connectivity index (χ0) is 18.1. The predicted octanol–water partition coefficient (Wildman–Crippen LogP) is 3.97. The van der Waals surface area contributed by atoms with E-state index in [0.29, 0.717) is 35.1 Å². The Morgan fingerprint density at radius 3 is 2.72 bits per heavy atom. The van der Waals surface area contributed by atoms with Gasteiger partial charge in [0.25, 0.3) is 5.56 Å². The van der Waals surface area contributed by atoms with Gasteiger partial charge in [-0.05, 0) is 32.3 Å². The normalized spacial score (nSPS) is 11.8. The summed E-state index contributed by atoms with van der Waals surface area (Å²) >= 11 is 3.05. The van der Waals surface area contributed by atoms with Crippen molar-refractivity contribution in [3.63, 3.8) is 0 Å². The smallest absolute Gasteiger partial charge is 0.263 e. The van der Waals surface area contributed by atoms with Crippen LogP contribution in [0.3, 0.4) is 0 Å². The van der Waals surface area contributed by atoms with E-state index in [1.54, 1.807) is 15.9 Å². The first-order valence-corrected chi connectivity index (χ1v) is 10.2. The summed E-state index contributed by atoms with van der Waals surface area (Å²) in [6.07, 6.45) is 0.773. The first-order valence-electron chi connectivity index (χ1n) is 8.35. The summed E-state index contributed by atoms with van der Waals surface area (Å²) in [6.45, 7) is 10.8. The van der Waals surface area contributed by atoms with Crippen LogP contribution in [0.2, 0.25) is 0 Å². The SMILES string of the molecule is CCn1c(SCc2noc(CC(C)C)n2)nc2sc(C)c(C)c2c1=O. The summed E-state index contributed by atoms with van der Waals surface area (Å²) in [5.74, 6) is 2.30. The Hall–Kier alpha value is -1.67. The van der Waals surface area contributed by atoms with Gasteiger partial charge >= 0.3 is 0 Å². The van der Waals surface area contributed by atoms with Crippen molar-refractivity contribution in [2.45, 2.75) is 58.5 Å². The highest BCUT2D eigenvalue weighted by molar-refractivity contribution is 7.98. The highest BCUT2D eigenvalue weighted by atomic mass is 32.2. The number of aryl methyl sites for hydroxylation is 2. The van der Waals surface area contributed by atoms with E-state index in [0.717, 1.165) is 27.1 Å². The summed E-state index contributed by atoms with van der Waals surface area (Å²) in [4.78, 5) is 23.9. The first kappa shape index (κ1) is 18.1. The molecule has 134 valence electrons. The number of thiophene rings is 1. The zero-order valence-electron chi connectivity index (χ0n) is 15.1. The third-order valence-electron chi connectivity index (χ3n) is 3.99. The fourth-order valence-electron chi connectivity index (χ4n) is 2.61. The molecule has 0 aromatic carbocycles. The Labute approximate surface area is 154 Å². The molecule has 0 aliphatic carbocycles. The average Bonchev–Trinajstić information content (AvgIpc) is 3.10. The molecule has 0 aliphatic heterocycles. The van der Waals surface area contributed by atoms with Crippen LogP contribution in [0.4, 0.5) is 0 Å². The van der Waals surface area contributed by atoms with Crippen LogP contribution < -0.4 is 5.56 Å². The molecule has 6 nitrogen and oxygen atoms in total. The molecule has 0 saturated carbocycles. The number of nitrogens with zero attached hydrogens (tertiary/aromatic N) is 4. The van der Waals surface area contributed by atoms with Crippen LogP contribution in [0.5, 0.6) is 0 Å². The van der Waals surface area contributed by atoms with Crippen molar-refractivity contribution in [3.8, 4) is 0 Å². The molecular formula is C17H22N4O2S2. The van der Waals surface area contributed by atoms with E-state index in [4.69, 9.17) is 9.51 Å². The Morgan fingerprint density at radius 1 is 1.28 bits per heavy atom. The van der Waals surface area contributed by atoms with E-state index < -0.39 is 0 Å². The summed E-state index contributed by atoms with van der Waals surface area (Å²) in [7, 11) is 0. The minimum absolute atomic E-state index is 0.0328. The lowest BCUT2D eigenvalue weighted by atomic mass is 10.1. The Balaban J connectivity index is 1.88. The summed E-state index contributed by atoms with van der Waals surface area (Å²) in [5.41, 5.74) is 1.07. The maximum absolute atomic E-state index is 12.8. The van der Waals surface area contributed by atoms with E-state index in [9.17, 15) is 4.79 Å². The van der Waals surface area contributed by atoms with Crippen molar-refractivity contribution in [3.05, 3.63) is 32.5 Å². The molecule has 0 saturated heterocycles. The first-order chi connectivity index (χ1) is 11.9. The molecule has 0 aliphatic rings. The van der Waals surface area contributed by atoms with E-state index in [2.05, 4.69) is 24.0 Å². The van der Waals surface area contributed by atoms with Gasteiger partial charge in [0.05, 0.1) is 11.1 Å². The number of hydrogen-bond acceptors (Lipinski definition) is 7. The maximum atomic E-state index is 12.8. The second-order valence-electron chi connectivity index (χ2n) is 6.40. The van der Waals surface area contributed by atoms with E-state index in [-0.39, 0.29) is 5.56 Å². The second kappa shape index (κ2) is 7.29. The van der Waals surface area contributed by atoms with Crippen molar-refractivity contribution in [1.29, 1.82) is 0 Å². The van der Waals surface area contributed by atoms with E-state index in [1.165, 1.54) is 11.8 Å². The van der Waals surface area contributed by atoms with Gasteiger partial charge in [-0.25, -0.2) is 4.98 Å². The van der Waals surface area contributed by atoms with Gasteiger partial charge in [-0.1, -0.05) is 30.8 Å². The lowest BCUT2D eigenvalue weighted by Crippen LogP contribution is -2.22. The highest BCUT2D eigenvalue weighted by Gasteiger charge is 2.17. The topological polar surface area (TPSA) is 73.8 Å². The monoisotopic (exact) mass is 378 g/mol. The number of rotatable bonds is 6. The third kappa shape index (κ3) is 3.64. The van der Waals surface area contributed by atoms with E-state index >= 15 is 0 Å². The molecule has 0 radical (unpaired) electrons. The van der Waals surface area contributed by atoms with E-state index in [1.807, 2.05) is 20.8 Å². The number of thioether (sulfide) groups is 1. The molecule has 3 aromatic heterocycles. The van der Waals surface area contributed by atoms with Gasteiger partial charge in [-0.2, -0.15) is 4.98 Å². The lowest BCUT2D eigenvalue weighted by Gasteiger charge is -2.08. The zero-order valence-corrected chi connectivity index (χ0v) is 16.8. The van der Waals surface area contributed by atoms with Crippen molar-refractivity contribution in [1.82, 2.24) is 19.7 Å². The van der Waals surface area contributed by atoms with Crippen LogP contribution in [0, 0.1) is 19.8 Å². The number of aromatic nitrogens is 4. The summed E-state index contributed by atoms with van der Waals surface area (Å²) in [6, 6.07) is 0. The van der Waals surface area contributed by atoms with Crippen LogP contribution >= 0.6 is 23.1 Å². The molecule has 0 spiro atoms. The van der Waals surface area contributed by atoms with Crippen molar-refractivity contribution in [2.75, 3.05) is 0 Å². The van der Waals surface area contributed by atoms with Crippen LogP contribution in [-0.2, 0) is 18.7 Å². The fraction of sp³-hybridized carbons (Fsp3) is 0.529. The molecular weight excluding hydrogens is 356 g/mol. The van der Waals surface area contributed by atoms with Gasteiger partial charge < -0.3 is 4.52 Å². The molecule has 0 bridgehead atoms. The minimum atomic E-state index is 0.0328.